The van der Waals surface area contributed by atoms with Crippen LogP contribution in [0.1, 0.15) is 232 Å². The highest BCUT2D eigenvalue weighted by Gasteiger charge is 2.24. The van der Waals surface area contributed by atoms with E-state index in [1.54, 1.807) is 0 Å². The van der Waals surface area contributed by atoms with Gasteiger partial charge in [0.15, 0.2) is 0 Å². The minimum atomic E-state index is 0.620. The van der Waals surface area contributed by atoms with Crippen LogP contribution in [0, 0.1) is 0 Å². The van der Waals surface area contributed by atoms with Gasteiger partial charge in [0.1, 0.15) is 12.4 Å². The molecule has 0 fully saturated rings. The lowest BCUT2D eigenvalue weighted by molar-refractivity contribution is -0.727. The Kier molecular flexibility index (Phi) is 26.4. The minimum Gasteiger partial charge on any atom is -0.247 e. The number of nitrogens with one attached hydrogen (secondary N) is 1. The minimum absolute atomic E-state index is 0.620. The summed E-state index contributed by atoms with van der Waals surface area (Å²) in [4.78, 5) is 3.64. The molecule has 2 unspecified atom stereocenters. The van der Waals surface area contributed by atoms with Crippen LogP contribution in [0.4, 0.5) is 0 Å². The van der Waals surface area contributed by atoms with Crippen molar-refractivity contribution >= 4 is 0 Å². The third kappa shape index (κ3) is 20.1. The Labute approximate surface area is 253 Å². The summed E-state index contributed by atoms with van der Waals surface area (Å²) >= 11 is 0. The van der Waals surface area contributed by atoms with Crippen molar-refractivity contribution in [2.75, 3.05) is 0 Å². The molecule has 2 atom stereocenters. The molecule has 0 aliphatic heterocycles. The average Bonchev–Trinajstić information content (AvgIpc) is 3.45. The summed E-state index contributed by atoms with van der Waals surface area (Å²) in [6.45, 7) is 9.43. The first-order valence-corrected chi connectivity index (χ1v) is 18.8. The van der Waals surface area contributed by atoms with Gasteiger partial charge in [-0.05, 0) is 32.6 Å². The van der Waals surface area contributed by atoms with Gasteiger partial charge >= 0.3 is 0 Å². The standard InChI is InChI=1S/C38H74N2/c1-5-8-10-12-14-16-18-19-20-21-22-23-25-27-29-31-33-37(7-3)38-39-34-35-40(38)36(4)32-30-28-26-24-17-15-13-11-9-6-2/h34-37H,5-33H2,1-4H3/p+1. The van der Waals surface area contributed by atoms with E-state index in [4.69, 9.17) is 0 Å². The quantitative estimate of drug-likeness (QED) is 0.0689. The normalized spacial score (nSPS) is 13.2. The molecule has 0 amide bonds. The van der Waals surface area contributed by atoms with Crippen molar-refractivity contribution in [3.63, 3.8) is 0 Å². The van der Waals surface area contributed by atoms with Crippen LogP contribution in [0.15, 0.2) is 12.4 Å². The van der Waals surface area contributed by atoms with Crippen molar-refractivity contribution in [1.82, 2.24) is 4.98 Å². The first-order chi connectivity index (χ1) is 19.7. The molecule has 236 valence electrons. The van der Waals surface area contributed by atoms with E-state index >= 15 is 0 Å². The SMILES string of the molecule is CCCCCCCCCCCCCCCCCCC(CC)c1[nH]cc[n+]1C(C)CCCCCCCCCCCC. The molecule has 1 rings (SSSR count). The van der Waals surface area contributed by atoms with Crippen molar-refractivity contribution in [3.05, 3.63) is 18.2 Å². The van der Waals surface area contributed by atoms with Gasteiger partial charge in [-0.3, -0.25) is 0 Å². The predicted molar refractivity (Wildman–Crippen MR) is 179 cm³/mol. The van der Waals surface area contributed by atoms with Crippen molar-refractivity contribution in [3.8, 4) is 0 Å². The van der Waals surface area contributed by atoms with E-state index < -0.39 is 0 Å². The van der Waals surface area contributed by atoms with Gasteiger partial charge in [-0.2, -0.15) is 0 Å². The van der Waals surface area contributed by atoms with Gasteiger partial charge in [-0.15, -0.1) is 0 Å². The van der Waals surface area contributed by atoms with Gasteiger partial charge in [-0.1, -0.05) is 181 Å². The summed E-state index contributed by atoms with van der Waals surface area (Å²) in [5.41, 5.74) is 0. The van der Waals surface area contributed by atoms with Gasteiger partial charge < -0.3 is 0 Å². The molecule has 1 heterocycles. The molecule has 0 saturated carbocycles. The number of hydrogen-bond donors (Lipinski definition) is 1. The third-order valence-electron chi connectivity index (χ3n) is 9.48. The van der Waals surface area contributed by atoms with Crippen molar-refractivity contribution in [2.45, 2.75) is 226 Å². The zero-order chi connectivity index (χ0) is 28.9. The number of aromatic nitrogens is 2. The summed E-state index contributed by atoms with van der Waals surface area (Å²) in [6.07, 6.45) is 45.9. The summed E-state index contributed by atoms with van der Waals surface area (Å²) in [5.74, 6) is 2.18. The molecule has 0 spiro atoms. The molecule has 0 saturated heterocycles. The number of imidazole rings is 1. The largest absolute Gasteiger partial charge is 0.257 e. The van der Waals surface area contributed by atoms with Crippen LogP contribution < -0.4 is 4.57 Å². The predicted octanol–water partition coefficient (Wildman–Crippen LogP) is 13.3. The monoisotopic (exact) mass is 560 g/mol. The van der Waals surface area contributed by atoms with Gasteiger partial charge in [0.05, 0.1) is 12.0 Å². The number of aromatic amines is 1. The van der Waals surface area contributed by atoms with Crippen LogP contribution in [-0.2, 0) is 0 Å². The molecular formula is C38H75N2+. The maximum Gasteiger partial charge on any atom is 0.257 e. The second-order valence-corrected chi connectivity index (χ2v) is 13.3. The highest BCUT2D eigenvalue weighted by molar-refractivity contribution is 4.89. The Balaban J connectivity index is 2.05. The zero-order valence-electron chi connectivity index (χ0n) is 28.3. The van der Waals surface area contributed by atoms with Crippen LogP contribution in [-0.4, -0.2) is 4.98 Å². The van der Waals surface area contributed by atoms with E-state index in [0.717, 1.165) is 0 Å². The Bertz CT molecular complexity index is 621. The smallest absolute Gasteiger partial charge is 0.247 e. The number of rotatable bonds is 31. The lowest BCUT2D eigenvalue weighted by Crippen LogP contribution is -2.41. The van der Waals surface area contributed by atoms with E-state index in [1.807, 2.05) is 0 Å². The van der Waals surface area contributed by atoms with E-state index in [2.05, 4.69) is 49.6 Å². The molecule has 0 radical (unpaired) electrons. The molecule has 1 aromatic heterocycles. The van der Waals surface area contributed by atoms with Crippen LogP contribution in [0.2, 0.25) is 0 Å². The van der Waals surface area contributed by atoms with Gasteiger partial charge in [0.2, 0.25) is 0 Å². The second kappa shape index (κ2) is 28.3. The van der Waals surface area contributed by atoms with Crippen molar-refractivity contribution < 1.29 is 4.57 Å². The second-order valence-electron chi connectivity index (χ2n) is 13.3. The molecule has 0 aromatic carbocycles. The van der Waals surface area contributed by atoms with E-state index in [9.17, 15) is 0 Å². The van der Waals surface area contributed by atoms with E-state index in [0.29, 0.717) is 12.0 Å². The Morgan fingerprint density at radius 1 is 0.500 bits per heavy atom. The maximum absolute atomic E-state index is 3.64. The summed E-state index contributed by atoms with van der Waals surface area (Å²) < 4.78 is 2.58. The lowest BCUT2D eigenvalue weighted by Gasteiger charge is -2.16. The van der Waals surface area contributed by atoms with E-state index in [-0.39, 0.29) is 0 Å². The fraction of sp³-hybridized carbons (Fsp3) is 0.921. The Hall–Kier alpha value is -0.790. The van der Waals surface area contributed by atoms with Gasteiger partial charge in [-0.25, -0.2) is 9.55 Å². The fourth-order valence-electron chi connectivity index (χ4n) is 6.61. The highest BCUT2D eigenvalue weighted by Crippen LogP contribution is 2.24. The zero-order valence-corrected chi connectivity index (χ0v) is 28.3. The first-order valence-electron chi connectivity index (χ1n) is 18.8. The molecule has 0 aliphatic rings. The summed E-state index contributed by atoms with van der Waals surface area (Å²) in [5, 5.41) is 0. The highest BCUT2D eigenvalue weighted by atomic mass is 15.1. The van der Waals surface area contributed by atoms with E-state index in [1.165, 1.54) is 192 Å². The van der Waals surface area contributed by atoms with Gasteiger partial charge in [0, 0.05) is 0 Å². The molecule has 1 N–H and O–H groups in total. The number of H-pyrrole nitrogens is 1. The fourth-order valence-corrected chi connectivity index (χ4v) is 6.61. The van der Waals surface area contributed by atoms with Gasteiger partial charge in [0.25, 0.3) is 5.82 Å². The Morgan fingerprint density at radius 2 is 0.850 bits per heavy atom. The molecule has 40 heavy (non-hydrogen) atoms. The lowest BCUT2D eigenvalue weighted by atomic mass is 9.96. The molecule has 1 aromatic rings. The van der Waals surface area contributed by atoms with Crippen LogP contribution >= 0.6 is 0 Å². The number of hydrogen-bond acceptors (Lipinski definition) is 0. The third-order valence-corrected chi connectivity index (χ3v) is 9.48. The van der Waals surface area contributed by atoms with Crippen LogP contribution in [0.5, 0.6) is 0 Å². The van der Waals surface area contributed by atoms with Crippen molar-refractivity contribution in [2.24, 2.45) is 0 Å². The molecule has 0 bridgehead atoms. The first kappa shape index (κ1) is 37.2. The molecule has 2 nitrogen and oxygen atoms in total. The topological polar surface area (TPSA) is 19.7 Å². The molecule has 2 heteroatoms. The Morgan fingerprint density at radius 3 is 1.23 bits per heavy atom. The molecule has 0 aliphatic carbocycles. The molecular weight excluding hydrogens is 484 g/mol. The van der Waals surface area contributed by atoms with Crippen LogP contribution in [0.3, 0.4) is 0 Å². The maximum atomic E-state index is 3.64. The van der Waals surface area contributed by atoms with Crippen LogP contribution in [0.25, 0.3) is 0 Å². The summed E-state index contributed by atoms with van der Waals surface area (Å²) in [6, 6.07) is 0.620. The van der Waals surface area contributed by atoms with Crippen molar-refractivity contribution in [1.29, 1.82) is 0 Å². The number of unbranched alkanes of at least 4 members (excludes halogenated alkanes) is 24. The number of nitrogens with zero attached hydrogens (tertiary/aromatic N) is 1. The summed E-state index contributed by atoms with van der Waals surface area (Å²) in [7, 11) is 0. The average molecular weight is 560 g/mol.